The molecule has 2 aliphatic heterocycles. The van der Waals surface area contributed by atoms with Gasteiger partial charge in [0.25, 0.3) is 5.91 Å². The average molecular weight is 483 g/mol. The number of aryl methyl sites for hydroxylation is 1. The maximum absolute atomic E-state index is 13.6. The maximum Gasteiger partial charge on any atom is 0.416 e. The molecule has 2 aliphatic rings. The molecule has 0 unspecified atom stereocenters. The number of anilines is 1. The number of amidine groups is 1. The number of halogens is 3. The molecular formula is C24H24F3N7O. The summed E-state index contributed by atoms with van der Waals surface area (Å²) in [4.78, 5) is 21.2. The number of amides is 1. The van der Waals surface area contributed by atoms with Crippen LogP contribution in [0.4, 0.5) is 19.0 Å². The molecule has 0 spiro atoms. The molecule has 0 saturated carbocycles. The SMILES string of the molecule is Cc1cn[nH]c1-c1cc([C@H](C)CC2=NNCN2C)cc(N2Cc3c(cccc3C(F)(F)F)C2=O)n1. The molecular weight excluding hydrogens is 459 g/mol. The molecule has 2 aromatic heterocycles. The number of nitrogens with one attached hydrogen (secondary N) is 2. The standard InChI is InChI=1S/C24H24F3N7O/c1-13(7-21-31-29-12-33(21)3)15-8-19(22-14(2)10-28-32-22)30-20(9-15)34-11-17-16(23(34)35)5-4-6-18(17)24(25,26)27/h4-6,8-10,13,29H,7,11-12H2,1-3H3,(H,28,32)/t13-/m1/s1. The Morgan fingerprint density at radius 2 is 2.03 bits per heavy atom. The smallest absolute Gasteiger partial charge is 0.343 e. The first-order chi connectivity index (χ1) is 16.6. The van der Waals surface area contributed by atoms with Crippen LogP contribution in [0.1, 0.15) is 51.9 Å². The van der Waals surface area contributed by atoms with Gasteiger partial charge in [0, 0.05) is 19.0 Å². The second kappa shape index (κ2) is 8.40. The zero-order valence-corrected chi connectivity index (χ0v) is 19.4. The molecule has 1 aromatic carbocycles. The number of carbonyl (C=O) groups is 1. The molecule has 0 radical (unpaired) electrons. The molecule has 182 valence electrons. The minimum atomic E-state index is -4.55. The van der Waals surface area contributed by atoms with Gasteiger partial charge in [0.2, 0.25) is 0 Å². The third kappa shape index (κ3) is 4.11. The highest BCUT2D eigenvalue weighted by Crippen LogP contribution is 2.39. The minimum absolute atomic E-state index is 0.00523. The number of alkyl halides is 3. The van der Waals surface area contributed by atoms with Crippen LogP contribution < -0.4 is 10.3 Å². The Labute approximate surface area is 199 Å². The van der Waals surface area contributed by atoms with Gasteiger partial charge in [-0.15, -0.1) is 0 Å². The lowest BCUT2D eigenvalue weighted by Gasteiger charge is -2.21. The molecule has 35 heavy (non-hydrogen) atoms. The fourth-order valence-electron chi connectivity index (χ4n) is 4.48. The second-order valence-electron chi connectivity index (χ2n) is 8.94. The van der Waals surface area contributed by atoms with Gasteiger partial charge in [-0.3, -0.25) is 20.2 Å². The van der Waals surface area contributed by atoms with Crippen LogP contribution in [0.2, 0.25) is 0 Å². The van der Waals surface area contributed by atoms with Gasteiger partial charge in [-0.2, -0.15) is 23.4 Å². The number of rotatable bonds is 5. The minimum Gasteiger partial charge on any atom is -0.343 e. The Balaban J connectivity index is 1.56. The van der Waals surface area contributed by atoms with Crippen LogP contribution in [0, 0.1) is 6.92 Å². The van der Waals surface area contributed by atoms with Crippen LogP contribution in [-0.4, -0.2) is 45.5 Å². The van der Waals surface area contributed by atoms with E-state index < -0.39 is 17.6 Å². The fourth-order valence-corrected chi connectivity index (χ4v) is 4.48. The Kier molecular flexibility index (Phi) is 5.49. The van der Waals surface area contributed by atoms with Crippen LogP contribution in [0.3, 0.4) is 0 Å². The van der Waals surface area contributed by atoms with Gasteiger partial charge < -0.3 is 4.90 Å². The van der Waals surface area contributed by atoms with E-state index in [1.807, 2.05) is 31.9 Å². The molecule has 1 atom stereocenters. The van der Waals surface area contributed by atoms with Crippen LogP contribution in [0.5, 0.6) is 0 Å². The predicted octanol–water partition coefficient (Wildman–Crippen LogP) is 4.26. The highest BCUT2D eigenvalue weighted by atomic mass is 19.4. The number of carbonyl (C=O) groups excluding carboxylic acids is 1. The number of hydrogen-bond acceptors (Lipinski definition) is 6. The van der Waals surface area contributed by atoms with Crippen molar-refractivity contribution in [3.05, 3.63) is 64.3 Å². The quantitative estimate of drug-likeness (QED) is 0.566. The molecule has 1 amide bonds. The predicted molar refractivity (Wildman–Crippen MR) is 125 cm³/mol. The highest BCUT2D eigenvalue weighted by molar-refractivity contribution is 6.10. The van der Waals surface area contributed by atoms with Gasteiger partial charge in [0.05, 0.1) is 29.7 Å². The number of fused-ring (bicyclic) bond motifs is 1. The fraction of sp³-hybridized carbons (Fsp3) is 0.333. The molecule has 11 heteroatoms. The van der Waals surface area contributed by atoms with Crippen molar-refractivity contribution in [1.29, 1.82) is 0 Å². The molecule has 4 heterocycles. The number of hydrazone groups is 1. The summed E-state index contributed by atoms with van der Waals surface area (Å²) in [5, 5.41) is 11.3. The zero-order chi connectivity index (χ0) is 24.9. The zero-order valence-electron chi connectivity index (χ0n) is 19.4. The van der Waals surface area contributed by atoms with E-state index in [9.17, 15) is 18.0 Å². The third-order valence-electron chi connectivity index (χ3n) is 6.48. The lowest BCUT2D eigenvalue weighted by Crippen LogP contribution is -2.26. The van der Waals surface area contributed by atoms with Gasteiger partial charge in [0.1, 0.15) is 18.3 Å². The molecule has 0 fully saturated rings. The van der Waals surface area contributed by atoms with E-state index in [2.05, 4.69) is 25.7 Å². The van der Waals surface area contributed by atoms with E-state index in [4.69, 9.17) is 0 Å². The van der Waals surface area contributed by atoms with E-state index >= 15 is 0 Å². The van der Waals surface area contributed by atoms with Gasteiger partial charge in [0.15, 0.2) is 0 Å². The largest absolute Gasteiger partial charge is 0.416 e. The van der Waals surface area contributed by atoms with Crippen molar-refractivity contribution in [3.8, 4) is 11.4 Å². The highest BCUT2D eigenvalue weighted by Gasteiger charge is 2.40. The van der Waals surface area contributed by atoms with Crippen molar-refractivity contribution in [3.63, 3.8) is 0 Å². The van der Waals surface area contributed by atoms with E-state index in [0.29, 0.717) is 30.3 Å². The van der Waals surface area contributed by atoms with Crippen LogP contribution in [-0.2, 0) is 12.7 Å². The Hall–Kier alpha value is -3.89. The van der Waals surface area contributed by atoms with E-state index in [-0.39, 0.29) is 23.6 Å². The van der Waals surface area contributed by atoms with Crippen LogP contribution >= 0.6 is 0 Å². The normalized spacial score (nSPS) is 16.4. The molecule has 0 aliphatic carbocycles. The monoisotopic (exact) mass is 483 g/mol. The van der Waals surface area contributed by atoms with Crippen molar-refractivity contribution >= 4 is 17.6 Å². The first-order valence-electron chi connectivity index (χ1n) is 11.2. The summed E-state index contributed by atoms with van der Waals surface area (Å²) in [5.74, 6) is 0.701. The Morgan fingerprint density at radius 1 is 1.23 bits per heavy atom. The number of aromatic amines is 1. The molecule has 3 aromatic rings. The van der Waals surface area contributed by atoms with Gasteiger partial charge in [-0.1, -0.05) is 13.0 Å². The van der Waals surface area contributed by atoms with Crippen molar-refractivity contribution in [2.45, 2.75) is 38.9 Å². The summed E-state index contributed by atoms with van der Waals surface area (Å²) in [6.45, 7) is 4.36. The number of aromatic nitrogens is 3. The number of pyridine rings is 1. The summed E-state index contributed by atoms with van der Waals surface area (Å²) in [7, 11) is 1.95. The van der Waals surface area contributed by atoms with Crippen molar-refractivity contribution in [2.75, 3.05) is 18.6 Å². The first kappa shape index (κ1) is 22.9. The topological polar surface area (TPSA) is 89.5 Å². The van der Waals surface area contributed by atoms with Crippen molar-refractivity contribution in [1.82, 2.24) is 25.5 Å². The third-order valence-corrected chi connectivity index (χ3v) is 6.48. The van der Waals surface area contributed by atoms with E-state index in [1.54, 1.807) is 12.3 Å². The number of H-pyrrole nitrogens is 1. The Morgan fingerprint density at radius 3 is 2.69 bits per heavy atom. The summed E-state index contributed by atoms with van der Waals surface area (Å²) in [6.07, 6.45) is -2.24. The summed E-state index contributed by atoms with van der Waals surface area (Å²) in [6, 6.07) is 7.40. The van der Waals surface area contributed by atoms with E-state index in [1.165, 1.54) is 17.0 Å². The maximum atomic E-state index is 13.6. The molecule has 0 bridgehead atoms. The lowest BCUT2D eigenvalue weighted by atomic mass is 9.96. The lowest BCUT2D eigenvalue weighted by molar-refractivity contribution is -0.138. The number of benzene rings is 1. The van der Waals surface area contributed by atoms with Gasteiger partial charge in [-0.05, 0) is 53.8 Å². The summed E-state index contributed by atoms with van der Waals surface area (Å²) in [5.41, 5.74) is 5.19. The second-order valence-corrected chi connectivity index (χ2v) is 8.94. The van der Waals surface area contributed by atoms with Crippen LogP contribution in [0.15, 0.2) is 41.6 Å². The number of nitrogens with zero attached hydrogens (tertiary/aromatic N) is 5. The number of hydrogen-bond donors (Lipinski definition) is 2. The van der Waals surface area contributed by atoms with Crippen molar-refractivity contribution < 1.29 is 18.0 Å². The van der Waals surface area contributed by atoms with Crippen molar-refractivity contribution in [2.24, 2.45) is 5.10 Å². The van der Waals surface area contributed by atoms with Crippen LogP contribution in [0.25, 0.3) is 11.4 Å². The molecule has 8 nitrogen and oxygen atoms in total. The summed E-state index contributed by atoms with van der Waals surface area (Å²) < 4.78 is 40.8. The summed E-state index contributed by atoms with van der Waals surface area (Å²) >= 11 is 0. The molecule has 5 rings (SSSR count). The van der Waals surface area contributed by atoms with Gasteiger partial charge >= 0.3 is 6.18 Å². The van der Waals surface area contributed by atoms with E-state index in [0.717, 1.165) is 23.0 Å². The van der Waals surface area contributed by atoms with Gasteiger partial charge in [-0.25, -0.2) is 4.98 Å². The molecule has 2 N–H and O–H groups in total. The Bertz CT molecular complexity index is 1330. The molecule has 0 saturated heterocycles. The average Bonchev–Trinajstić information content (AvgIpc) is 3.52. The first-order valence-corrected chi connectivity index (χ1v) is 11.2.